The minimum absolute atomic E-state index is 0.134. The maximum absolute atomic E-state index is 13.6. The number of rotatable bonds is 4. The molecular formula is C15H21FN2O2. The molecular weight excluding hydrogens is 259 g/mol. The standard InChI is InChI=1S/C15H21FN2O2/c1-11-10-18(8-7-17-11)15(19)6-4-12-3-5-14(20-2)13(16)9-12/h3,5,9,11,17H,4,6-8,10H2,1-2H3. The Morgan fingerprint density at radius 1 is 1.55 bits per heavy atom. The number of ether oxygens (including phenoxy) is 1. The number of methoxy groups -OCH3 is 1. The molecule has 1 aliphatic heterocycles. The molecule has 0 radical (unpaired) electrons. The summed E-state index contributed by atoms with van der Waals surface area (Å²) < 4.78 is 18.4. The van der Waals surface area contributed by atoms with Crippen molar-refractivity contribution in [2.24, 2.45) is 0 Å². The first kappa shape index (κ1) is 14.8. The molecule has 1 N–H and O–H groups in total. The molecule has 110 valence electrons. The number of nitrogens with zero attached hydrogens (tertiary/aromatic N) is 1. The van der Waals surface area contributed by atoms with Crippen LogP contribution in [0, 0.1) is 5.82 Å². The summed E-state index contributed by atoms with van der Waals surface area (Å²) in [6.07, 6.45) is 0.969. The maximum atomic E-state index is 13.6. The van der Waals surface area contributed by atoms with E-state index in [0.717, 1.165) is 25.2 Å². The van der Waals surface area contributed by atoms with E-state index >= 15 is 0 Å². The number of carbonyl (C=O) groups is 1. The van der Waals surface area contributed by atoms with Crippen LogP contribution in [0.15, 0.2) is 18.2 Å². The molecule has 20 heavy (non-hydrogen) atoms. The second-order valence-corrected chi connectivity index (χ2v) is 5.16. The van der Waals surface area contributed by atoms with Crippen LogP contribution in [0.4, 0.5) is 4.39 Å². The lowest BCUT2D eigenvalue weighted by Crippen LogP contribution is -2.51. The number of nitrogens with one attached hydrogen (secondary N) is 1. The van der Waals surface area contributed by atoms with Gasteiger partial charge in [-0.15, -0.1) is 0 Å². The number of benzene rings is 1. The minimum Gasteiger partial charge on any atom is -0.494 e. The average molecular weight is 280 g/mol. The molecule has 1 aromatic rings. The first-order valence-corrected chi connectivity index (χ1v) is 6.93. The second kappa shape index (κ2) is 6.70. The Morgan fingerprint density at radius 2 is 2.35 bits per heavy atom. The Balaban J connectivity index is 1.88. The fourth-order valence-corrected chi connectivity index (χ4v) is 2.43. The Kier molecular flexibility index (Phi) is 4.95. The number of carbonyl (C=O) groups excluding carboxylic acids is 1. The van der Waals surface area contributed by atoms with Gasteiger partial charge in [0.15, 0.2) is 11.6 Å². The van der Waals surface area contributed by atoms with Gasteiger partial charge >= 0.3 is 0 Å². The molecule has 0 aromatic heterocycles. The number of hydrogen-bond donors (Lipinski definition) is 1. The summed E-state index contributed by atoms with van der Waals surface area (Å²) >= 11 is 0. The Labute approximate surface area is 118 Å². The predicted octanol–water partition coefficient (Wildman–Crippen LogP) is 1.59. The van der Waals surface area contributed by atoms with E-state index < -0.39 is 0 Å². The van der Waals surface area contributed by atoms with E-state index in [1.807, 2.05) is 4.90 Å². The number of piperazine rings is 1. The van der Waals surface area contributed by atoms with Gasteiger partial charge in [0.1, 0.15) is 0 Å². The van der Waals surface area contributed by atoms with Gasteiger partial charge in [-0.2, -0.15) is 0 Å². The summed E-state index contributed by atoms with van der Waals surface area (Å²) in [5, 5.41) is 3.30. The summed E-state index contributed by atoms with van der Waals surface area (Å²) in [4.78, 5) is 14.0. The molecule has 1 saturated heterocycles. The van der Waals surface area contributed by atoms with Crippen LogP contribution in [0.3, 0.4) is 0 Å². The molecule has 1 amide bonds. The van der Waals surface area contributed by atoms with Crippen LogP contribution in [0.1, 0.15) is 18.9 Å². The third kappa shape index (κ3) is 3.70. The van der Waals surface area contributed by atoms with Crippen molar-refractivity contribution in [3.8, 4) is 5.75 Å². The normalized spacial score (nSPS) is 18.9. The summed E-state index contributed by atoms with van der Waals surface area (Å²) in [6, 6.07) is 5.18. The highest BCUT2D eigenvalue weighted by molar-refractivity contribution is 5.76. The molecule has 1 aromatic carbocycles. The van der Waals surface area contributed by atoms with Gasteiger partial charge in [-0.1, -0.05) is 6.07 Å². The first-order chi connectivity index (χ1) is 9.60. The fraction of sp³-hybridized carbons (Fsp3) is 0.533. The molecule has 0 saturated carbocycles. The molecule has 2 rings (SSSR count). The Hall–Kier alpha value is -1.62. The van der Waals surface area contributed by atoms with Crippen molar-refractivity contribution in [1.82, 2.24) is 10.2 Å². The van der Waals surface area contributed by atoms with Crippen molar-refractivity contribution in [2.75, 3.05) is 26.7 Å². The van der Waals surface area contributed by atoms with Crippen molar-refractivity contribution in [3.05, 3.63) is 29.6 Å². The van der Waals surface area contributed by atoms with Crippen LogP contribution in [0.2, 0.25) is 0 Å². The zero-order chi connectivity index (χ0) is 14.5. The molecule has 5 heteroatoms. The van der Waals surface area contributed by atoms with E-state index in [1.165, 1.54) is 13.2 Å². The Bertz CT molecular complexity index is 479. The van der Waals surface area contributed by atoms with Crippen LogP contribution >= 0.6 is 0 Å². The number of hydrogen-bond acceptors (Lipinski definition) is 3. The number of halogens is 1. The highest BCUT2D eigenvalue weighted by atomic mass is 19.1. The predicted molar refractivity (Wildman–Crippen MR) is 75.3 cm³/mol. The molecule has 1 aliphatic rings. The molecule has 0 bridgehead atoms. The number of aryl methyl sites for hydroxylation is 1. The smallest absolute Gasteiger partial charge is 0.222 e. The van der Waals surface area contributed by atoms with Crippen LogP contribution in [-0.2, 0) is 11.2 Å². The lowest BCUT2D eigenvalue weighted by atomic mass is 10.1. The van der Waals surface area contributed by atoms with E-state index in [2.05, 4.69) is 12.2 Å². The van der Waals surface area contributed by atoms with Gasteiger partial charge in [-0.3, -0.25) is 4.79 Å². The average Bonchev–Trinajstić information content (AvgIpc) is 2.45. The summed E-state index contributed by atoms with van der Waals surface area (Å²) in [6.45, 7) is 4.40. The second-order valence-electron chi connectivity index (χ2n) is 5.16. The van der Waals surface area contributed by atoms with E-state index in [-0.39, 0.29) is 17.5 Å². The van der Waals surface area contributed by atoms with Gasteiger partial charge in [0.2, 0.25) is 5.91 Å². The third-order valence-electron chi connectivity index (χ3n) is 3.57. The molecule has 1 atom stereocenters. The van der Waals surface area contributed by atoms with Gasteiger partial charge in [-0.05, 0) is 31.0 Å². The van der Waals surface area contributed by atoms with E-state index in [1.54, 1.807) is 12.1 Å². The quantitative estimate of drug-likeness (QED) is 0.910. The van der Waals surface area contributed by atoms with Crippen LogP contribution in [0.5, 0.6) is 5.75 Å². The van der Waals surface area contributed by atoms with E-state index in [9.17, 15) is 9.18 Å². The minimum atomic E-state index is -0.381. The van der Waals surface area contributed by atoms with Gasteiger partial charge in [0.25, 0.3) is 0 Å². The van der Waals surface area contributed by atoms with Gasteiger partial charge in [0, 0.05) is 32.1 Å². The molecule has 4 nitrogen and oxygen atoms in total. The number of amides is 1. The molecule has 0 aliphatic carbocycles. The van der Waals surface area contributed by atoms with E-state index in [4.69, 9.17) is 4.74 Å². The fourth-order valence-electron chi connectivity index (χ4n) is 2.43. The highest BCUT2D eigenvalue weighted by Gasteiger charge is 2.20. The summed E-state index contributed by atoms with van der Waals surface area (Å²) in [7, 11) is 1.44. The van der Waals surface area contributed by atoms with Crippen molar-refractivity contribution < 1.29 is 13.9 Å². The zero-order valence-corrected chi connectivity index (χ0v) is 12.0. The lowest BCUT2D eigenvalue weighted by Gasteiger charge is -2.32. The maximum Gasteiger partial charge on any atom is 0.222 e. The monoisotopic (exact) mass is 280 g/mol. The van der Waals surface area contributed by atoms with Crippen molar-refractivity contribution in [2.45, 2.75) is 25.8 Å². The largest absolute Gasteiger partial charge is 0.494 e. The zero-order valence-electron chi connectivity index (χ0n) is 12.0. The molecule has 1 heterocycles. The van der Waals surface area contributed by atoms with Crippen molar-refractivity contribution >= 4 is 5.91 Å². The van der Waals surface area contributed by atoms with Gasteiger partial charge in [-0.25, -0.2) is 4.39 Å². The van der Waals surface area contributed by atoms with E-state index in [0.29, 0.717) is 18.9 Å². The van der Waals surface area contributed by atoms with Gasteiger partial charge < -0.3 is 15.0 Å². The summed E-state index contributed by atoms with van der Waals surface area (Å²) in [5.74, 6) is -0.0150. The molecule has 1 fully saturated rings. The molecule has 0 spiro atoms. The Morgan fingerprint density at radius 3 is 3.00 bits per heavy atom. The highest BCUT2D eigenvalue weighted by Crippen LogP contribution is 2.18. The van der Waals surface area contributed by atoms with Gasteiger partial charge in [0.05, 0.1) is 7.11 Å². The van der Waals surface area contributed by atoms with Crippen LogP contribution in [-0.4, -0.2) is 43.6 Å². The van der Waals surface area contributed by atoms with Crippen molar-refractivity contribution in [1.29, 1.82) is 0 Å². The van der Waals surface area contributed by atoms with Crippen LogP contribution in [0.25, 0.3) is 0 Å². The topological polar surface area (TPSA) is 41.6 Å². The van der Waals surface area contributed by atoms with Crippen molar-refractivity contribution in [3.63, 3.8) is 0 Å². The third-order valence-corrected chi connectivity index (χ3v) is 3.57. The first-order valence-electron chi connectivity index (χ1n) is 6.93. The summed E-state index contributed by atoms with van der Waals surface area (Å²) in [5.41, 5.74) is 0.819. The van der Waals surface area contributed by atoms with Crippen LogP contribution < -0.4 is 10.1 Å². The SMILES string of the molecule is COc1ccc(CCC(=O)N2CCNC(C)C2)cc1F. The lowest BCUT2D eigenvalue weighted by molar-refractivity contribution is -0.132. The molecule has 1 unspecified atom stereocenters.